The van der Waals surface area contributed by atoms with E-state index in [-0.39, 0.29) is 5.75 Å². The number of anilines is 1. The summed E-state index contributed by atoms with van der Waals surface area (Å²) in [6.45, 7) is 0. The molecule has 2 aromatic heterocycles. The van der Waals surface area contributed by atoms with Crippen molar-refractivity contribution >= 4 is 22.7 Å². The SMILES string of the molecule is FC(F)(F)c1ccnc(Oc2ccccc2C=NNc2nc(-c3ccccc3)cs2)n1. The highest BCUT2D eigenvalue weighted by Crippen LogP contribution is 2.29. The summed E-state index contributed by atoms with van der Waals surface area (Å²) in [6.07, 6.45) is -2.11. The molecular formula is C21H14F3N5OS. The normalized spacial score (nSPS) is 11.6. The third kappa shape index (κ3) is 5.23. The Bertz CT molecular complexity index is 1190. The predicted molar refractivity (Wildman–Crippen MR) is 112 cm³/mol. The topological polar surface area (TPSA) is 72.3 Å². The van der Waals surface area contributed by atoms with E-state index < -0.39 is 17.9 Å². The highest BCUT2D eigenvalue weighted by atomic mass is 32.1. The number of aromatic nitrogens is 3. The highest BCUT2D eigenvalue weighted by Gasteiger charge is 2.33. The molecule has 2 aromatic carbocycles. The number of thiazole rings is 1. The van der Waals surface area contributed by atoms with Crippen LogP contribution in [0.3, 0.4) is 0 Å². The van der Waals surface area contributed by atoms with Gasteiger partial charge in [-0.05, 0) is 18.2 Å². The van der Waals surface area contributed by atoms with Gasteiger partial charge in [0.15, 0.2) is 5.69 Å². The van der Waals surface area contributed by atoms with Crippen LogP contribution in [0.5, 0.6) is 11.8 Å². The smallest absolute Gasteiger partial charge is 0.424 e. The Morgan fingerprint density at radius 2 is 1.74 bits per heavy atom. The van der Waals surface area contributed by atoms with Crippen molar-refractivity contribution in [3.63, 3.8) is 0 Å². The molecule has 2 heterocycles. The zero-order valence-electron chi connectivity index (χ0n) is 15.7. The summed E-state index contributed by atoms with van der Waals surface area (Å²) in [5, 5.41) is 6.65. The molecule has 0 bridgehead atoms. The van der Waals surface area contributed by atoms with E-state index in [9.17, 15) is 13.2 Å². The molecule has 10 heteroatoms. The Morgan fingerprint density at radius 1 is 0.968 bits per heavy atom. The van der Waals surface area contributed by atoms with Crippen molar-refractivity contribution in [3.05, 3.63) is 83.5 Å². The van der Waals surface area contributed by atoms with E-state index in [1.807, 2.05) is 35.7 Å². The van der Waals surface area contributed by atoms with Crippen molar-refractivity contribution in [2.24, 2.45) is 5.10 Å². The van der Waals surface area contributed by atoms with Gasteiger partial charge in [-0.15, -0.1) is 11.3 Å². The van der Waals surface area contributed by atoms with Crippen LogP contribution < -0.4 is 10.2 Å². The lowest BCUT2D eigenvalue weighted by Crippen LogP contribution is -2.09. The number of ether oxygens (including phenoxy) is 1. The molecule has 0 amide bonds. The van der Waals surface area contributed by atoms with Crippen LogP contribution in [0.4, 0.5) is 18.3 Å². The third-order valence-electron chi connectivity index (χ3n) is 3.98. The maximum atomic E-state index is 12.8. The average molecular weight is 441 g/mol. The summed E-state index contributed by atoms with van der Waals surface area (Å²) in [5.41, 5.74) is 4.11. The zero-order valence-corrected chi connectivity index (χ0v) is 16.6. The maximum Gasteiger partial charge on any atom is 0.433 e. The standard InChI is InChI=1S/C21H14F3N5OS/c22-21(23,24)18-10-11-25-19(28-18)30-17-9-5-4-8-15(17)12-26-29-20-27-16(13-31-20)14-6-2-1-3-7-14/h1-13H,(H,27,29). The van der Waals surface area contributed by atoms with Crippen molar-refractivity contribution in [2.75, 3.05) is 5.43 Å². The van der Waals surface area contributed by atoms with Gasteiger partial charge in [-0.3, -0.25) is 5.43 Å². The number of hydrogen-bond acceptors (Lipinski definition) is 7. The third-order valence-corrected chi connectivity index (χ3v) is 4.73. The summed E-state index contributed by atoms with van der Waals surface area (Å²) in [5.74, 6) is 0.261. The van der Waals surface area contributed by atoms with Gasteiger partial charge < -0.3 is 4.74 Å². The Hall–Kier alpha value is -3.79. The van der Waals surface area contributed by atoms with E-state index in [0.29, 0.717) is 10.7 Å². The molecule has 0 aliphatic carbocycles. The zero-order chi connectivity index (χ0) is 21.7. The molecule has 1 N–H and O–H groups in total. The Morgan fingerprint density at radius 3 is 2.55 bits per heavy atom. The number of benzene rings is 2. The van der Waals surface area contributed by atoms with Gasteiger partial charge in [-0.2, -0.15) is 23.3 Å². The summed E-state index contributed by atoms with van der Waals surface area (Å²) in [7, 11) is 0. The van der Waals surface area contributed by atoms with Gasteiger partial charge in [0.2, 0.25) is 5.13 Å². The second-order valence-electron chi connectivity index (χ2n) is 6.14. The molecule has 0 atom stereocenters. The average Bonchev–Trinajstić information content (AvgIpc) is 3.24. The summed E-state index contributed by atoms with van der Waals surface area (Å²) in [4.78, 5) is 11.6. The summed E-state index contributed by atoms with van der Waals surface area (Å²) in [6, 6.07) is 16.8. The summed E-state index contributed by atoms with van der Waals surface area (Å²) >= 11 is 1.40. The fraction of sp³-hybridized carbons (Fsp3) is 0.0476. The molecule has 0 aliphatic heterocycles. The lowest BCUT2D eigenvalue weighted by molar-refractivity contribution is -0.141. The van der Waals surface area contributed by atoms with Crippen LogP contribution in [-0.2, 0) is 6.18 Å². The second-order valence-corrected chi connectivity index (χ2v) is 6.99. The fourth-order valence-electron chi connectivity index (χ4n) is 2.55. The Labute approximate surface area is 179 Å². The molecule has 0 fully saturated rings. The molecule has 0 unspecified atom stereocenters. The molecule has 0 saturated carbocycles. The molecule has 4 aromatic rings. The first-order valence-electron chi connectivity index (χ1n) is 8.96. The largest absolute Gasteiger partial charge is 0.433 e. The number of nitrogens with zero attached hydrogens (tertiary/aromatic N) is 4. The molecule has 0 spiro atoms. The first kappa shape index (κ1) is 20.5. The van der Waals surface area contributed by atoms with E-state index in [1.165, 1.54) is 17.6 Å². The minimum atomic E-state index is -4.59. The number of hydrogen-bond donors (Lipinski definition) is 1. The predicted octanol–water partition coefficient (Wildman–Crippen LogP) is 5.86. The molecule has 0 aliphatic rings. The van der Waals surface area contributed by atoms with E-state index >= 15 is 0 Å². The molecule has 156 valence electrons. The molecular weight excluding hydrogens is 427 g/mol. The molecule has 0 radical (unpaired) electrons. The number of rotatable bonds is 6. The number of alkyl halides is 3. The quantitative estimate of drug-likeness (QED) is 0.300. The minimum absolute atomic E-state index is 0.261. The molecule has 4 rings (SSSR count). The van der Waals surface area contributed by atoms with Gasteiger partial charge in [0.25, 0.3) is 0 Å². The molecule has 6 nitrogen and oxygen atoms in total. The van der Waals surface area contributed by atoms with Crippen LogP contribution >= 0.6 is 11.3 Å². The fourth-order valence-corrected chi connectivity index (χ4v) is 3.22. The maximum absolute atomic E-state index is 12.8. The number of hydrazone groups is 1. The van der Waals surface area contributed by atoms with E-state index in [0.717, 1.165) is 23.5 Å². The van der Waals surface area contributed by atoms with E-state index in [1.54, 1.807) is 24.3 Å². The van der Waals surface area contributed by atoms with Crippen LogP contribution in [0.15, 0.2) is 77.3 Å². The number of para-hydroxylation sites is 1. The van der Waals surface area contributed by atoms with Crippen molar-refractivity contribution in [2.45, 2.75) is 6.18 Å². The molecule has 31 heavy (non-hydrogen) atoms. The van der Waals surface area contributed by atoms with Crippen LogP contribution in [0.1, 0.15) is 11.3 Å². The van der Waals surface area contributed by atoms with Gasteiger partial charge in [0.05, 0.1) is 11.9 Å². The van der Waals surface area contributed by atoms with Gasteiger partial charge in [-0.25, -0.2) is 9.97 Å². The lowest BCUT2D eigenvalue weighted by Gasteiger charge is -2.09. The summed E-state index contributed by atoms with van der Waals surface area (Å²) < 4.78 is 44.0. The van der Waals surface area contributed by atoms with Gasteiger partial charge in [-0.1, -0.05) is 42.5 Å². The van der Waals surface area contributed by atoms with Gasteiger partial charge in [0.1, 0.15) is 5.75 Å². The van der Waals surface area contributed by atoms with Crippen LogP contribution in [0.2, 0.25) is 0 Å². The van der Waals surface area contributed by atoms with Crippen molar-refractivity contribution in [3.8, 4) is 23.0 Å². The van der Waals surface area contributed by atoms with E-state index in [4.69, 9.17) is 4.74 Å². The van der Waals surface area contributed by atoms with Crippen molar-refractivity contribution in [1.82, 2.24) is 15.0 Å². The first-order chi connectivity index (χ1) is 15.0. The number of halogens is 3. The van der Waals surface area contributed by atoms with Gasteiger partial charge >= 0.3 is 12.2 Å². The van der Waals surface area contributed by atoms with Gasteiger partial charge in [0, 0.05) is 22.7 Å². The van der Waals surface area contributed by atoms with E-state index in [2.05, 4.69) is 25.5 Å². The lowest BCUT2D eigenvalue weighted by atomic mass is 10.2. The van der Waals surface area contributed by atoms with Crippen LogP contribution in [0, 0.1) is 0 Å². The highest BCUT2D eigenvalue weighted by molar-refractivity contribution is 7.14. The van der Waals surface area contributed by atoms with Crippen LogP contribution in [0.25, 0.3) is 11.3 Å². The second kappa shape index (κ2) is 8.92. The van der Waals surface area contributed by atoms with Crippen molar-refractivity contribution in [1.29, 1.82) is 0 Å². The van der Waals surface area contributed by atoms with Crippen LogP contribution in [-0.4, -0.2) is 21.2 Å². The van der Waals surface area contributed by atoms with Crippen molar-refractivity contribution < 1.29 is 17.9 Å². The Balaban J connectivity index is 1.47. The minimum Gasteiger partial charge on any atom is -0.424 e. The first-order valence-corrected chi connectivity index (χ1v) is 9.84. The molecule has 0 saturated heterocycles. The number of nitrogens with one attached hydrogen (secondary N) is 1. The monoisotopic (exact) mass is 441 g/mol. The Kier molecular flexibility index (Phi) is 5.89.